The van der Waals surface area contributed by atoms with Crippen molar-refractivity contribution in [2.24, 2.45) is 11.8 Å². The Balaban J connectivity index is 1.59. The molecular weight excluding hydrogens is 332 g/mol. The molecule has 1 aromatic carbocycles. The number of carbonyl (C=O) groups is 2. The van der Waals surface area contributed by atoms with Crippen LogP contribution in [0.1, 0.15) is 53.5 Å². The number of Topliss-reactive ketones (excluding diaryl/α,β-unsaturated/α-hetero) is 1. The van der Waals surface area contributed by atoms with Crippen LogP contribution in [0, 0.1) is 11.8 Å². The highest BCUT2D eigenvalue weighted by atomic mass is 32.1. The lowest BCUT2D eigenvalue weighted by molar-refractivity contribution is 0.0734. The van der Waals surface area contributed by atoms with Gasteiger partial charge in [0, 0.05) is 29.6 Å². The Hall–Kier alpha value is -2.01. The molecule has 4 nitrogen and oxygen atoms in total. The molecule has 0 radical (unpaired) electrons. The Bertz CT molecular complexity index is 792. The molecule has 25 heavy (non-hydrogen) atoms. The molecule has 2 aliphatic heterocycles. The molecule has 2 saturated heterocycles. The zero-order valence-corrected chi connectivity index (χ0v) is 15.2. The zero-order chi connectivity index (χ0) is 17.4. The van der Waals surface area contributed by atoms with Crippen LogP contribution in [0.25, 0.3) is 10.6 Å². The first-order chi connectivity index (χ1) is 12.1. The molecule has 2 bridgehead atoms. The minimum absolute atomic E-state index is 0.0165. The molecule has 2 aromatic rings. The van der Waals surface area contributed by atoms with Gasteiger partial charge < -0.3 is 4.90 Å². The van der Waals surface area contributed by atoms with E-state index in [-0.39, 0.29) is 11.7 Å². The molecule has 0 unspecified atom stereocenters. The van der Waals surface area contributed by atoms with Crippen molar-refractivity contribution in [3.63, 3.8) is 0 Å². The van der Waals surface area contributed by atoms with Crippen LogP contribution in [0.4, 0.5) is 0 Å². The van der Waals surface area contributed by atoms with E-state index in [1.165, 1.54) is 37.0 Å². The monoisotopic (exact) mass is 354 g/mol. The maximum atomic E-state index is 12.9. The number of hydrogen-bond acceptors (Lipinski definition) is 4. The van der Waals surface area contributed by atoms with Crippen LogP contribution in [0.2, 0.25) is 0 Å². The van der Waals surface area contributed by atoms with E-state index in [0.717, 1.165) is 23.7 Å². The maximum Gasteiger partial charge on any atom is 0.273 e. The van der Waals surface area contributed by atoms with Gasteiger partial charge in [-0.15, -0.1) is 11.3 Å². The molecule has 3 aliphatic rings. The molecule has 1 saturated carbocycles. The quantitative estimate of drug-likeness (QED) is 0.773. The van der Waals surface area contributed by atoms with E-state index in [9.17, 15) is 9.59 Å². The van der Waals surface area contributed by atoms with Crippen molar-refractivity contribution in [3.05, 3.63) is 40.9 Å². The van der Waals surface area contributed by atoms with E-state index in [1.807, 2.05) is 34.5 Å². The van der Waals surface area contributed by atoms with Crippen LogP contribution in [0.5, 0.6) is 0 Å². The Labute approximate surface area is 151 Å². The van der Waals surface area contributed by atoms with Gasteiger partial charge in [-0.2, -0.15) is 0 Å². The van der Waals surface area contributed by atoms with E-state index in [2.05, 4.69) is 4.98 Å². The molecular formula is C20H22N2O2S. The Morgan fingerprint density at radius 2 is 1.72 bits per heavy atom. The van der Waals surface area contributed by atoms with Gasteiger partial charge in [-0.25, -0.2) is 4.98 Å². The second kappa shape index (κ2) is 6.71. The summed E-state index contributed by atoms with van der Waals surface area (Å²) in [6, 6.07) is 7.47. The lowest BCUT2D eigenvalue weighted by atomic mass is 9.84. The fourth-order valence-corrected chi connectivity index (χ4v) is 4.93. The highest BCUT2D eigenvalue weighted by Crippen LogP contribution is 2.35. The van der Waals surface area contributed by atoms with Crippen molar-refractivity contribution >= 4 is 23.0 Å². The Kier molecular flexibility index (Phi) is 4.42. The summed E-state index contributed by atoms with van der Waals surface area (Å²) in [4.78, 5) is 31.4. The molecule has 0 spiro atoms. The summed E-state index contributed by atoms with van der Waals surface area (Å²) in [5.74, 6) is 1.36. The van der Waals surface area contributed by atoms with Gasteiger partial charge in [0.1, 0.15) is 10.7 Å². The maximum absolute atomic E-state index is 12.9. The number of ketones is 1. The number of fused-ring (bicyclic) bond motifs is 4. The van der Waals surface area contributed by atoms with Crippen molar-refractivity contribution in [2.45, 2.75) is 32.6 Å². The van der Waals surface area contributed by atoms with Gasteiger partial charge in [-0.3, -0.25) is 9.59 Å². The first kappa shape index (κ1) is 16.5. The topological polar surface area (TPSA) is 50.3 Å². The standard InChI is InChI=1S/C20H22N2O2S/c1-13(23)16-4-2-3-5-17(16)19-21-18(12-25-19)20(24)22-10-14-6-7-15(11-22)9-8-14/h2-5,12,14-15H,6-11H2,1H3. The molecule has 5 rings (SSSR count). The van der Waals surface area contributed by atoms with Gasteiger partial charge in [0.2, 0.25) is 0 Å². The van der Waals surface area contributed by atoms with Crippen molar-refractivity contribution in [3.8, 4) is 10.6 Å². The summed E-state index contributed by atoms with van der Waals surface area (Å²) in [5.41, 5.74) is 1.98. The lowest BCUT2D eigenvalue weighted by Crippen LogP contribution is -2.34. The van der Waals surface area contributed by atoms with Crippen molar-refractivity contribution in [2.75, 3.05) is 13.1 Å². The minimum atomic E-state index is 0.0165. The number of thiazole rings is 1. The molecule has 1 aromatic heterocycles. The summed E-state index contributed by atoms with van der Waals surface area (Å²) in [7, 11) is 0. The molecule has 1 amide bonds. The number of rotatable bonds is 3. The summed E-state index contributed by atoms with van der Waals surface area (Å²) < 4.78 is 0. The fraction of sp³-hybridized carbons (Fsp3) is 0.450. The first-order valence-electron chi connectivity index (χ1n) is 8.97. The number of hydrogen-bond donors (Lipinski definition) is 0. The normalized spacial score (nSPS) is 22.7. The Morgan fingerprint density at radius 1 is 1.08 bits per heavy atom. The van der Waals surface area contributed by atoms with Crippen LogP contribution in [-0.2, 0) is 0 Å². The average Bonchev–Trinajstić information content (AvgIpc) is 2.92. The van der Waals surface area contributed by atoms with Crippen LogP contribution in [-0.4, -0.2) is 34.7 Å². The zero-order valence-electron chi connectivity index (χ0n) is 14.4. The third-order valence-electron chi connectivity index (χ3n) is 5.47. The lowest BCUT2D eigenvalue weighted by Gasteiger charge is -2.21. The van der Waals surface area contributed by atoms with Gasteiger partial charge in [-0.05, 0) is 44.4 Å². The average molecular weight is 354 g/mol. The molecule has 130 valence electrons. The van der Waals surface area contributed by atoms with E-state index in [1.54, 1.807) is 6.92 Å². The Morgan fingerprint density at radius 3 is 2.36 bits per heavy atom. The number of nitrogens with zero attached hydrogens (tertiary/aromatic N) is 2. The molecule has 1 aliphatic carbocycles. The molecule has 3 fully saturated rings. The SMILES string of the molecule is CC(=O)c1ccccc1-c1nc(C(=O)N2CC3CCC(CC3)C2)cs1. The summed E-state index contributed by atoms with van der Waals surface area (Å²) in [6.45, 7) is 3.30. The van der Waals surface area contributed by atoms with Gasteiger partial charge in [-0.1, -0.05) is 24.3 Å². The van der Waals surface area contributed by atoms with Crippen LogP contribution in [0.15, 0.2) is 29.6 Å². The minimum Gasteiger partial charge on any atom is -0.337 e. The largest absolute Gasteiger partial charge is 0.337 e. The predicted octanol–water partition coefficient (Wildman–Crippen LogP) is 4.27. The van der Waals surface area contributed by atoms with E-state index >= 15 is 0 Å². The number of carbonyl (C=O) groups excluding carboxylic acids is 2. The van der Waals surface area contributed by atoms with Gasteiger partial charge in [0.05, 0.1) is 0 Å². The van der Waals surface area contributed by atoms with Gasteiger partial charge >= 0.3 is 0 Å². The highest BCUT2D eigenvalue weighted by Gasteiger charge is 2.32. The summed E-state index contributed by atoms with van der Waals surface area (Å²) >= 11 is 1.44. The predicted molar refractivity (Wildman–Crippen MR) is 98.9 cm³/mol. The van der Waals surface area contributed by atoms with Crippen molar-refractivity contribution < 1.29 is 9.59 Å². The molecule has 0 N–H and O–H groups in total. The van der Waals surface area contributed by atoms with Crippen LogP contribution < -0.4 is 0 Å². The van der Waals surface area contributed by atoms with Crippen molar-refractivity contribution in [1.29, 1.82) is 0 Å². The van der Waals surface area contributed by atoms with Crippen molar-refractivity contribution in [1.82, 2.24) is 9.88 Å². The molecule has 5 heteroatoms. The van der Waals surface area contributed by atoms with Gasteiger partial charge in [0.15, 0.2) is 5.78 Å². The van der Waals surface area contributed by atoms with E-state index in [4.69, 9.17) is 0 Å². The number of benzene rings is 1. The van der Waals surface area contributed by atoms with E-state index in [0.29, 0.717) is 23.1 Å². The molecule has 3 heterocycles. The second-order valence-electron chi connectivity index (χ2n) is 7.24. The number of amides is 1. The highest BCUT2D eigenvalue weighted by molar-refractivity contribution is 7.13. The molecule has 0 atom stereocenters. The fourth-order valence-electron chi connectivity index (χ4n) is 4.09. The summed E-state index contributed by atoms with van der Waals surface area (Å²) in [5, 5.41) is 2.58. The third kappa shape index (κ3) is 3.25. The van der Waals surface area contributed by atoms with E-state index < -0.39 is 0 Å². The first-order valence-corrected chi connectivity index (χ1v) is 9.85. The second-order valence-corrected chi connectivity index (χ2v) is 8.09. The third-order valence-corrected chi connectivity index (χ3v) is 6.35. The van der Waals surface area contributed by atoms with Crippen LogP contribution in [0.3, 0.4) is 0 Å². The number of aromatic nitrogens is 1. The van der Waals surface area contributed by atoms with Gasteiger partial charge in [0.25, 0.3) is 5.91 Å². The van der Waals surface area contributed by atoms with Crippen LogP contribution >= 0.6 is 11.3 Å². The smallest absolute Gasteiger partial charge is 0.273 e. The summed E-state index contributed by atoms with van der Waals surface area (Å²) in [6.07, 6.45) is 5.01.